The van der Waals surface area contributed by atoms with Gasteiger partial charge in [0.25, 0.3) is 0 Å². The highest BCUT2D eigenvalue weighted by Gasteiger charge is 2.42. The Labute approximate surface area is 274 Å². The van der Waals surface area contributed by atoms with Crippen LogP contribution in [-0.2, 0) is 34.0 Å². The van der Waals surface area contributed by atoms with Crippen molar-refractivity contribution in [3.05, 3.63) is 65.4 Å². The van der Waals surface area contributed by atoms with Gasteiger partial charge in [0, 0.05) is 30.8 Å². The molecule has 0 aliphatic heterocycles. The number of carbonyl (C=O) groups excluding carboxylic acids is 1. The molecule has 3 aromatic rings. The summed E-state index contributed by atoms with van der Waals surface area (Å²) in [7, 11) is -3.34. The summed E-state index contributed by atoms with van der Waals surface area (Å²) in [6, 6.07) is 14.3. The summed E-state index contributed by atoms with van der Waals surface area (Å²) in [5.74, 6) is -0.242. The number of aromatic nitrogens is 1. The van der Waals surface area contributed by atoms with Crippen molar-refractivity contribution in [2.75, 3.05) is 11.6 Å². The lowest BCUT2D eigenvalue weighted by Gasteiger charge is -2.48. The minimum atomic E-state index is -3.34. The van der Waals surface area contributed by atoms with Crippen LogP contribution in [0, 0.1) is 0 Å². The number of amides is 3. The molecule has 1 aromatic heterocycles. The SMILES string of the molecule is CC(=O)Nc1nc(CCc2ccc(CNC(N(C(=O)O)C(C)(C)C)N(C(=O)O)C(C)(C)C)cc2)c(-c2ccc(S(C)(=O)=O)cc2)s1. The first kappa shape index (κ1) is 36.5. The highest BCUT2D eigenvalue weighted by atomic mass is 32.2. The van der Waals surface area contributed by atoms with Gasteiger partial charge in [0.05, 0.1) is 15.5 Å². The molecule has 0 unspecified atom stereocenters. The van der Waals surface area contributed by atoms with Gasteiger partial charge in [-0.3, -0.25) is 19.9 Å². The van der Waals surface area contributed by atoms with Crippen molar-refractivity contribution in [1.82, 2.24) is 20.1 Å². The smallest absolute Gasteiger partial charge is 0.410 e. The Bertz CT molecular complexity index is 1620. The van der Waals surface area contributed by atoms with E-state index in [9.17, 15) is 33.0 Å². The van der Waals surface area contributed by atoms with E-state index >= 15 is 0 Å². The molecule has 2 aromatic carbocycles. The van der Waals surface area contributed by atoms with E-state index in [1.165, 1.54) is 18.3 Å². The van der Waals surface area contributed by atoms with Gasteiger partial charge in [0.1, 0.15) is 0 Å². The molecular weight excluding hydrogens is 631 g/mol. The van der Waals surface area contributed by atoms with Gasteiger partial charge in [-0.15, -0.1) is 0 Å². The Morgan fingerprint density at radius 1 is 0.848 bits per heavy atom. The van der Waals surface area contributed by atoms with Crippen molar-refractivity contribution < 1.29 is 33.0 Å². The second kappa shape index (κ2) is 14.2. The van der Waals surface area contributed by atoms with E-state index in [2.05, 4.69) is 15.6 Å². The molecule has 0 atom stereocenters. The number of hydrogen-bond acceptors (Lipinski definition) is 8. The molecule has 250 valence electrons. The first-order valence-electron chi connectivity index (χ1n) is 14.6. The molecule has 46 heavy (non-hydrogen) atoms. The third-order valence-electron chi connectivity index (χ3n) is 7.03. The van der Waals surface area contributed by atoms with E-state index in [1.807, 2.05) is 24.3 Å². The number of rotatable bonds is 11. The van der Waals surface area contributed by atoms with E-state index in [-0.39, 0.29) is 17.3 Å². The predicted molar refractivity (Wildman–Crippen MR) is 179 cm³/mol. The fraction of sp³-hybridized carbons (Fsp3) is 0.438. The topological polar surface area (TPSA) is 169 Å². The van der Waals surface area contributed by atoms with Crippen LogP contribution in [0.4, 0.5) is 14.7 Å². The highest BCUT2D eigenvalue weighted by molar-refractivity contribution is 7.90. The van der Waals surface area contributed by atoms with E-state index in [0.29, 0.717) is 18.0 Å². The number of nitrogens with one attached hydrogen (secondary N) is 2. The minimum absolute atomic E-state index is 0.213. The van der Waals surface area contributed by atoms with Gasteiger partial charge in [0.2, 0.25) is 5.91 Å². The van der Waals surface area contributed by atoms with Crippen LogP contribution in [0.15, 0.2) is 53.4 Å². The molecule has 0 saturated heterocycles. The monoisotopic (exact) mass is 673 g/mol. The van der Waals surface area contributed by atoms with Crippen LogP contribution >= 0.6 is 11.3 Å². The molecule has 12 nitrogen and oxygen atoms in total. The molecule has 4 N–H and O–H groups in total. The summed E-state index contributed by atoms with van der Waals surface area (Å²) in [6.45, 7) is 11.9. The van der Waals surface area contributed by atoms with Crippen molar-refractivity contribution in [3.63, 3.8) is 0 Å². The van der Waals surface area contributed by atoms with Crippen LogP contribution in [0.5, 0.6) is 0 Å². The Balaban J connectivity index is 1.81. The summed E-state index contributed by atoms with van der Waals surface area (Å²) in [6.07, 6.45) is -1.31. The number of anilines is 1. The van der Waals surface area contributed by atoms with Crippen LogP contribution in [0.1, 0.15) is 65.3 Å². The number of thiazole rings is 1. The number of carboxylic acid groups (broad SMARTS) is 2. The highest BCUT2D eigenvalue weighted by Crippen LogP contribution is 2.34. The van der Waals surface area contributed by atoms with Gasteiger partial charge in [-0.2, -0.15) is 0 Å². The van der Waals surface area contributed by atoms with Gasteiger partial charge in [-0.25, -0.2) is 23.0 Å². The quantitative estimate of drug-likeness (QED) is 0.181. The zero-order valence-electron chi connectivity index (χ0n) is 27.4. The molecule has 14 heteroatoms. The molecule has 0 radical (unpaired) electrons. The molecular formula is C32H43N5O7S2. The number of hydrogen-bond donors (Lipinski definition) is 4. The summed E-state index contributed by atoms with van der Waals surface area (Å²) in [5.41, 5.74) is 1.62. The second-order valence-corrected chi connectivity index (χ2v) is 16.0. The molecule has 0 aliphatic rings. The van der Waals surface area contributed by atoms with Crippen molar-refractivity contribution in [3.8, 4) is 10.4 Å². The molecule has 0 saturated carbocycles. The summed E-state index contributed by atoms with van der Waals surface area (Å²) in [5, 5.41) is 26.5. The van der Waals surface area contributed by atoms with Crippen molar-refractivity contribution >= 4 is 44.4 Å². The Kier molecular flexibility index (Phi) is 11.2. The second-order valence-electron chi connectivity index (χ2n) is 13.0. The zero-order chi connectivity index (χ0) is 34.6. The van der Waals surface area contributed by atoms with E-state index in [0.717, 1.165) is 43.3 Å². The third kappa shape index (κ3) is 9.50. The van der Waals surface area contributed by atoms with Crippen molar-refractivity contribution in [2.24, 2.45) is 0 Å². The Morgan fingerprint density at radius 2 is 1.35 bits per heavy atom. The fourth-order valence-electron chi connectivity index (χ4n) is 4.91. The Hall–Kier alpha value is -4.01. The molecule has 0 spiro atoms. The van der Waals surface area contributed by atoms with E-state index in [1.54, 1.807) is 65.8 Å². The molecule has 1 heterocycles. The van der Waals surface area contributed by atoms with Crippen LogP contribution in [-0.4, -0.2) is 75.1 Å². The largest absolute Gasteiger partial charge is 0.465 e. The summed E-state index contributed by atoms with van der Waals surface area (Å²) < 4.78 is 23.8. The van der Waals surface area contributed by atoms with Gasteiger partial charge >= 0.3 is 12.2 Å². The van der Waals surface area contributed by atoms with Gasteiger partial charge in [-0.05, 0) is 83.2 Å². The molecule has 3 amide bonds. The lowest BCUT2D eigenvalue weighted by Crippen LogP contribution is -2.68. The maximum absolute atomic E-state index is 12.3. The van der Waals surface area contributed by atoms with E-state index in [4.69, 9.17) is 0 Å². The van der Waals surface area contributed by atoms with E-state index < -0.39 is 39.4 Å². The number of aryl methyl sites for hydroxylation is 2. The maximum atomic E-state index is 12.3. The average Bonchev–Trinajstić information content (AvgIpc) is 3.30. The lowest BCUT2D eigenvalue weighted by molar-refractivity contribution is -0.114. The molecule has 3 rings (SSSR count). The minimum Gasteiger partial charge on any atom is -0.465 e. The van der Waals surface area contributed by atoms with Gasteiger partial charge < -0.3 is 15.5 Å². The number of sulfone groups is 1. The first-order chi connectivity index (χ1) is 21.2. The average molecular weight is 674 g/mol. The predicted octanol–water partition coefficient (Wildman–Crippen LogP) is 5.89. The molecule has 0 bridgehead atoms. The summed E-state index contributed by atoms with van der Waals surface area (Å²) >= 11 is 1.32. The van der Waals surface area contributed by atoms with Crippen molar-refractivity contribution in [2.45, 2.75) is 90.1 Å². The van der Waals surface area contributed by atoms with Gasteiger partial charge in [-0.1, -0.05) is 47.7 Å². The first-order valence-corrected chi connectivity index (χ1v) is 17.3. The third-order valence-corrected chi connectivity index (χ3v) is 9.22. The standard InChI is InChI=1S/C32H43N5O7S2/c1-20(38)34-27-35-25(26(45-27)23-14-16-24(17-15-23)46(8,43)44)18-13-21-9-11-22(12-10-21)19-33-28(36(29(39)40)31(2,3)4)37(30(41)42)32(5,6)7/h9-12,14-17,28,33H,13,18-19H2,1-8H3,(H,39,40)(H,41,42)(H,34,35,38). The maximum Gasteiger partial charge on any atom is 0.410 e. The van der Waals surface area contributed by atoms with Crippen LogP contribution in [0.3, 0.4) is 0 Å². The number of nitrogens with zero attached hydrogens (tertiary/aromatic N) is 3. The van der Waals surface area contributed by atoms with Gasteiger partial charge in [0.15, 0.2) is 21.3 Å². The fourth-order valence-corrected chi connectivity index (χ4v) is 6.61. The molecule has 0 fully saturated rings. The van der Waals surface area contributed by atoms with Crippen LogP contribution in [0.2, 0.25) is 0 Å². The Morgan fingerprint density at radius 3 is 1.78 bits per heavy atom. The molecule has 0 aliphatic carbocycles. The number of carbonyl (C=O) groups is 3. The normalized spacial score (nSPS) is 12.2. The van der Waals surface area contributed by atoms with Crippen LogP contribution in [0.25, 0.3) is 10.4 Å². The van der Waals surface area contributed by atoms with Crippen molar-refractivity contribution in [1.29, 1.82) is 0 Å². The summed E-state index contributed by atoms with van der Waals surface area (Å²) in [4.78, 5) is 44.2. The zero-order valence-corrected chi connectivity index (χ0v) is 29.0. The number of benzene rings is 2. The lowest BCUT2D eigenvalue weighted by atomic mass is 10.0. The van der Waals surface area contributed by atoms with Crippen LogP contribution < -0.4 is 10.6 Å².